The number of nitrogens with zero attached hydrogens (tertiary/aromatic N) is 2. The summed E-state index contributed by atoms with van der Waals surface area (Å²) in [7, 11) is 0. The molecule has 0 aromatic carbocycles. The van der Waals surface area contributed by atoms with Crippen molar-refractivity contribution in [1.29, 1.82) is 0 Å². The van der Waals surface area contributed by atoms with Gasteiger partial charge in [-0.15, -0.1) is 0 Å². The summed E-state index contributed by atoms with van der Waals surface area (Å²) in [6.45, 7) is 20.6. The van der Waals surface area contributed by atoms with Gasteiger partial charge in [-0.3, -0.25) is 4.90 Å². The predicted octanol–water partition coefficient (Wildman–Crippen LogP) is 3.23. The van der Waals surface area contributed by atoms with Crippen molar-refractivity contribution >= 4 is 0 Å². The molecule has 0 saturated carbocycles. The largest absolute Gasteiger partial charge is 0.303 e. The number of hydrogen-bond donors (Lipinski definition) is 0. The van der Waals surface area contributed by atoms with E-state index in [1.165, 1.54) is 45.6 Å². The van der Waals surface area contributed by atoms with E-state index in [1.54, 1.807) is 0 Å². The van der Waals surface area contributed by atoms with Crippen LogP contribution in [0, 0.1) is 10.8 Å². The molecule has 2 rings (SSSR count). The van der Waals surface area contributed by atoms with Crippen LogP contribution in [0.4, 0.5) is 0 Å². The van der Waals surface area contributed by atoms with Crippen LogP contribution < -0.4 is 0 Å². The summed E-state index contributed by atoms with van der Waals surface area (Å²) in [5.74, 6) is 0. The van der Waals surface area contributed by atoms with E-state index < -0.39 is 0 Å². The van der Waals surface area contributed by atoms with E-state index in [1.807, 2.05) is 0 Å². The molecule has 2 heterocycles. The maximum absolute atomic E-state index is 2.67. The Kier molecular flexibility index (Phi) is 3.57. The van der Waals surface area contributed by atoms with Crippen molar-refractivity contribution in [1.82, 2.24) is 9.80 Å². The lowest BCUT2D eigenvalue weighted by Gasteiger charge is -2.58. The van der Waals surface area contributed by atoms with E-state index in [9.17, 15) is 0 Å². The zero-order valence-electron chi connectivity index (χ0n) is 13.3. The second kappa shape index (κ2) is 4.49. The summed E-state index contributed by atoms with van der Waals surface area (Å²) in [6, 6.07) is 0. The summed E-state index contributed by atoms with van der Waals surface area (Å²) in [5, 5.41) is 0. The second-order valence-corrected chi connectivity index (χ2v) is 8.86. The first kappa shape index (κ1) is 14.3. The fourth-order valence-corrected chi connectivity index (χ4v) is 3.41. The molecular formula is C16H32N2. The third-order valence-corrected chi connectivity index (χ3v) is 4.62. The van der Waals surface area contributed by atoms with Crippen molar-refractivity contribution in [2.75, 3.05) is 32.7 Å². The molecule has 0 bridgehead atoms. The Bertz CT molecular complexity index is 279. The molecule has 1 spiro atoms. The van der Waals surface area contributed by atoms with Crippen LogP contribution in [0.1, 0.15) is 54.4 Å². The van der Waals surface area contributed by atoms with Crippen LogP contribution in [0.2, 0.25) is 0 Å². The van der Waals surface area contributed by atoms with Gasteiger partial charge in [0.25, 0.3) is 0 Å². The third kappa shape index (κ3) is 3.27. The summed E-state index contributed by atoms with van der Waals surface area (Å²) in [5.41, 5.74) is 1.48. The monoisotopic (exact) mass is 252 g/mol. The maximum atomic E-state index is 2.67. The van der Waals surface area contributed by atoms with E-state index in [0.29, 0.717) is 16.4 Å². The third-order valence-electron chi connectivity index (χ3n) is 4.62. The van der Waals surface area contributed by atoms with Crippen LogP contribution >= 0.6 is 0 Å². The Morgan fingerprint density at radius 2 is 1.39 bits per heavy atom. The van der Waals surface area contributed by atoms with Crippen molar-refractivity contribution in [3.05, 3.63) is 0 Å². The molecule has 106 valence electrons. The van der Waals surface area contributed by atoms with Crippen LogP contribution in [0.3, 0.4) is 0 Å². The van der Waals surface area contributed by atoms with Crippen LogP contribution in [-0.4, -0.2) is 48.1 Å². The Balaban J connectivity index is 1.79. The van der Waals surface area contributed by atoms with Crippen LogP contribution in [0.25, 0.3) is 0 Å². The van der Waals surface area contributed by atoms with Gasteiger partial charge in [-0.1, -0.05) is 20.8 Å². The van der Waals surface area contributed by atoms with E-state index in [2.05, 4.69) is 51.3 Å². The van der Waals surface area contributed by atoms with Gasteiger partial charge < -0.3 is 4.90 Å². The molecule has 0 atom stereocenters. The molecule has 0 N–H and O–H groups in total. The average Bonchev–Trinajstić information content (AvgIpc) is 2.11. The van der Waals surface area contributed by atoms with E-state index in [4.69, 9.17) is 0 Å². The SMILES string of the molecule is CC(C)(C)CN1CCC2(CC1)CN(C(C)(C)C)C2. The fraction of sp³-hybridized carbons (Fsp3) is 1.00. The summed E-state index contributed by atoms with van der Waals surface area (Å²) in [4.78, 5) is 5.32. The quantitative estimate of drug-likeness (QED) is 0.707. The van der Waals surface area contributed by atoms with Gasteiger partial charge in [-0.25, -0.2) is 0 Å². The van der Waals surface area contributed by atoms with Gasteiger partial charge in [0.05, 0.1) is 0 Å². The second-order valence-electron chi connectivity index (χ2n) is 8.86. The minimum Gasteiger partial charge on any atom is -0.303 e. The molecule has 0 amide bonds. The van der Waals surface area contributed by atoms with E-state index in [-0.39, 0.29) is 0 Å². The number of piperidine rings is 1. The summed E-state index contributed by atoms with van der Waals surface area (Å²) in [6.07, 6.45) is 2.82. The van der Waals surface area contributed by atoms with Crippen molar-refractivity contribution in [2.45, 2.75) is 59.9 Å². The molecular weight excluding hydrogens is 220 g/mol. The number of rotatable bonds is 1. The van der Waals surface area contributed by atoms with Crippen molar-refractivity contribution < 1.29 is 0 Å². The number of likely N-dealkylation sites (tertiary alicyclic amines) is 2. The Hall–Kier alpha value is -0.0800. The molecule has 2 heteroatoms. The molecule has 0 aliphatic carbocycles. The lowest BCUT2D eigenvalue weighted by atomic mass is 9.70. The molecule has 0 radical (unpaired) electrons. The molecule has 0 aromatic rings. The molecule has 2 nitrogen and oxygen atoms in total. The minimum atomic E-state index is 0.369. The Morgan fingerprint density at radius 1 is 0.889 bits per heavy atom. The minimum absolute atomic E-state index is 0.369. The highest BCUT2D eigenvalue weighted by Crippen LogP contribution is 2.43. The molecule has 0 aromatic heterocycles. The van der Waals surface area contributed by atoms with Crippen LogP contribution in [0.15, 0.2) is 0 Å². The summed E-state index contributed by atoms with van der Waals surface area (Å²) >= 11 is 0. The highest BCUT2D eigenvalue weighted by atomic mass is 15.3. The Morgan fingerprint density at radius 3 is 1.78 bits per heavy atom. The molecule has 18 heavy (non-hydrogen) atoms. The van der Waals surface area contributed by atoms with E-state index in [0.717, 1.165) is 0 Å². The first-order chi connectivity index (χ1) is 8.10. The smallest absolute Gasteiger partial charge is 0.0125 e. The molecule has 2 fully saturated rings. The van der Waals surface area contributed by atoms with Gasteiger partial charge >= 0.3 is 0 Å². The van der Waals surface area contributed by atoms with Gasteiger partial charge in [0.1, 0.15) is 0 Å². The van der Waals surface area contributed by atoms with Crippen molar-refractivity contribution in [3.8, 4) is 0 Å². The Labute approximate surface area is 114 Å². The number of hydrogen-bond acceptors (Lipinski definition) is 2. The van der Waals surface area contributed by atoms with Gasteiger partial charge in [-0.2, -0.15) is 0 Å². The highest BCUT2D eigenvalue weighted by Gasteiger charge is 2.47. The zero-order valence-corrected chi connectivity index (χ0v) is 13.3. The van der Waals surface area contributed by atoms with Crippen molar-refractivity contribution in [2.24, 2.45) is 10.8 Å². The zero-order chi connectivity index (χ0) is 13.6. The topological polar surface area (TPSA) is 6.48 Å². The lowest BCUT2D eigenvalue weighted by Crippen LogP contribution is -2.65. The normalized spacial score (nSPS) is 26.3. The van der Waals surface area contributed by atoms with Gasteiger partial charge in [-0.05, 0) is 57.5 Å². The van der Waals surface area contributed by atoms with Gasteiger partial charge in [0.2, 0.25) is 0 Å². The van der Waals surface area contributed by atoms with Crippen LogP contribution in [0.5, 0.6) is 0 Å². The fourth-order valence-electron chi connectivity index (χ4n) is 3.41. The first-order valence-corrected chi connectivity index (χ1v) is 7.57. The van der Waals surface area contributed by atoms with Gasteiger partial charge in [0.15, 0.2) is 0 Å². The first-order valence-electron chi connectivity index (χ1n) is 7.57. The van der Waals surface area contributed by atoms with E-state index >= 15 is 0 Å². The maximum Gasteiger partial charge on any atom is 0.0125 e. The molecule has 2 aliphatic rings. The predicted molar refractivity (Wildman–Crippen MR) is 78.9 cm³/mol. The summed E-state index contributed by atoms with van der Waals surface area (Å²) < 4.78 is 0. The molecule has 2 aliphatic heterocycles. The standard InChI is InChI=1S/C16H32N2/c1-14(2,3)11-17-9-7-16(8-10-17)12-18(13-16)15(4,5)6/h7-13H2,1-6H3. The average molecular weight is 252 g/mol. The molecule has 0 unspecified atom stereocenters. The van der Waals surface area contributed by atoms with Crippen molar-refractivity contribution in [3.63, 3.8) is 0 Å². The lowest BCUT2D eigenvalue weighted by molar-refractivity contribution is -0.0922. The van der Waals surface area contributed by atoms with Crippen LogP contribution in [-0.2, 0) is 0 Å². The molecule has 2 saturated heterocycles. The van der Waals surface area contributed by atoms with Gasteiger partial charge in [0, 0.05) is 25.2 Å². The highest BCUT2D eigenvalue weighted by molar-refractivity contribution is 5.01.